The van der Waals surface area contributed by atoms with Crippen molar-refractivity contribution in [1.29, 1.82) is 0 Å². The van der Waals surface area contributed by atoms with E-state index in [1.165, 1.54) is 32.1 Å². The molecule has 0 heterocycles. The third kappa shape index (κ3) is 43.5. The number of allylic oxidation sites excluding steroid dienone is 10. The zero-order valence-corrected chi connectivity index (χ0v) is 39.6. The van der Waals surface area contributed by atoms with Gasteiger partial charge in [-0.2, -0.15) is 0 Å². The number of carbonyl (C=O) groups is 3. The Hall–Kier alpha value is -2.62. The third-order valence-electron chi connectivity index (χ3n) is 9.75. The van der Waals surface area contributed by atoms with Crippen LogP contribution in [0.1, 0.15) is 181 Å². The fraction of sp³-hybridized carbons (Fsp3) is 0.735. The molecule has 0 amide bonds. The summed E-state index contributed by atoms with van der Waals surface area (Å²) in [5, 5.41) is 0. The summed E-state index contributed by atoms with van der Waals surface area (Å²) in [6.07, 6.45) is 45.3. The second-order valence-electron chi connectivity index (χ2n) is 16.8. The SMILES string of the molecule is CCCCCC/C=C\C/C=C\C/C=C\CCCCCCCCC(=O)OC[C@H](COP(=O)(O)OCC[N+](C)(C)C)OC(=O)CCCCCCC/C=C\C=C\C(=O)CCCCC. The van der Waals surface area contributed by atoms with Crippen LogP contribution >= 0.6 is 7.82 Å². The zero-order chi connectivity index (χ0) is 44.4. The number of esters is 2. The van der Waals surface area contributed by atoms with Crippen LogP contribution in [0.5, 0.6) is 0 Å². The summed E-state index contributed by atoms with van der Waals surface area (Å²) in [4.78, 5) is 47.2. The predicted molar refractivity (Wildman–Crippen MR) is 248 cm³/mol. The number of unbranched alkanes of at least 4 members (excludes halogenated alkanes) is 17. The van der Waals surface area contributed by atoms with Crippen LogP contribution in [-0.4, -0.2) is 80.7 Å². The Morgan fingerprint density at radius 1 is 0.567 bits per heavy atom. The van der Waals surface area contributed by atoms with E-state index in [1.807, 2.05) is 33.3 Å². The van der Waals surface area contributed by atoms with Gasteiger partial charge < -0.3 is 18.9 Å². The van der Waals surface area contributed by atoms with Crippen LogP contribution in [0.4, 0.5) is 0 Å². The Bertz CT molecular complexity index is 1270. The molecule has 0 aliphatic carbocycles. The van der Waals surface area contributed by atoms with Gasteiger partial charge in [0.2, 0.25) is 0 Å². The lowest BCUT2D eigenvalue weighted by molar-refractivity contribution is -0.870. The van der Waals surface area contributed by atoms with Crippen molar-refractivity contribution in [2.75, 3.05) is 47.5 Å². The van der Waals surface area contributed by atoms with Gasteiger partial charge in [0.15, 0.2) is 11.9 Å². The van der Waals surface area contributed by atoms with Gasteiger partial charge in [0.05, 0.1) is 27.7 Å². The average molecular weight is 865 g/mol. The molecule has 11 heteroatoms. The highest BCUT2D eigenvalue weighted by Gasteiger charge is 2.27. The first-order chi connectivity index (χ1) is 28.9. The Morgan fingerprint density at radius 3 is 1.63 bits per heavy atom. The molecular formula is C49H87NO9P+. The summed E-state index contributed by atoms with van der Waals surface area (Å²) in [6.45, 7) is 4.17. The van der Waals surface area contributed by atoms with Gasteiger partial charge in [0.1, 0.15) is 19.8 Å². The molecule has 0 saturated heterocycles. The van der Waals surface area contributed by atoms with Crippen molar-refractivity contribution in [3.63, 3.8) is 0 Å². The highest BCUT2D eigenvalue weighted by Crippen LogP contribution is 2.43. The largest absolute Gasteiger partial charge is 0.472 e. The molecule has 1 N–H and O–H groups in total. The van der Waals surface area contributed by atoms with Crippen molar-refractivity contribution in [3.05, 3.63) is 60.8 Å². The molecule has 346 valence electrons. The van der Waals surface area contributed by atoms with Crippen molar-refractivity contribution in [2.45, 2.75) is 187 Å². The molecule has 0 rings (SSSR count). The highest BCUT2D eigenvalue weighted by atomic mass is 31.2. The predicted octanol–water partition coefficient (Wildman–Crippen LogP) is 12.8. The molecule has 0 spiro atoms. The van der Waals surface area contributed by atoms with E-state index in [9.17, 15) is 23.8 Å². The second kappa shape index (κ2) is 40.5. The van der Waals surface area contributed by atoms with Gasteiger partial charge in [0.25, 0.3) is 0 Å². The number of ketones is 1. The minimum absolute atomic E-state index is 0.0108. The summed E-state index contributed by atoms with van der Waals surface area (Å²) >= 11 is 0. The van der Waals surface area contributed by atoms with Crippen LogP contribution in [-0.2, 0) is 37.5 Å². The van der Waals surface area contributed by atoms with Gasteiger partial charge in [0, 0.05) is 19.3 Å². The van der Waals surface area contributed by atoms with Crippen LogP contribution in [0.2, 0.25) is 0 Å². The maximum Gasteiger partial charge on any atom is 0.472 e. The number of quaternary nitrogens is 1. The fourth-order valence-electron chi connectivity index (χ4n) is 6.00. The van der Waals surface area contributed by atoms with E-state index in [0.29, 0.717) is 30.3 Å². The Morgan fingerprint density at radius 2 is 1.05 bits per heavy atom. The molecule has 0 aromatic carbocycles. The van der Waals surface area contributed by atoms with E-state index in [-0.39, 0.29) is 31.8 Å². The van der Waals surface area contributed by atoms with E-state index in [1.54, 1.807) is 6.08 Å². The van der Waals surface area contributed by atoms with Crippen LogP contribution in [0.15, 0.2) is 60.8 Å². The van der Waals surface area contributed by atoms with Gasteiger partial charge >= 0.3 is 19.8 Å². The monoisotopic (exact) mass is 865 g/mol. The van der Waals surface area contributed by atoms with Crippen molar-refractivity contribution in [2.24, 2.45) is 0 Å². The van der Waals surface area contributed by atoms with Gasteiger partial charge in [-0.3, -0.25) is 23.4 Å². The molecular weight excluding hydrogens is 778 g/mol. The Kier molecular flexibility index (Phi) is 38.7. The standard InChI is InChI=1S/C49H86NO9P/c1-6-8-10-11-12-13-14-15-16-17-18-19-20-21-22-23-26-29-32-36-40-48(52)56-44-47(45-58-60(54,55)57-43-42-50(3,4)5)59-49(53)41-37-33-30-27-24-25-28-31-35-39-46(51)38-34-9-7-2/h13-14,16-17,19-20,28,31,35,39,47H,6-12,15,18,21-27,29-30,32-34,36-38,40-45H2,1-5H3/p+1/b14-13-,17-16-,20-19-,31-28-,39-35+/t47-/m1/s1. The first kappa shape index (κ1) is 57.4. The van der Waals surface area contributed by atoms with Gasteiger partial charge in [-0.15, -0.1) is 0 Å². The van der Waals surface area contributed by atoms with Crippen LogP contribution in [0, 0.1) is 0 Å². The number of hydrogen-bond acceptors (Lipinski definition) is 8. The molecule has 0 aliphatic rings. The quantitative estimate of drug-likeness (QED) is 0.0121. The van der Waals surface area contributed by atoms with E-state index in [4.69, 9.17) is 18.5 Å². The minimum Gasteiger partial charge on any atom is -0.462 e. The van der Waals surface area contributed by atoms with Gasteiger partial charge in [-0.25, -0.2) is 4.57 Å². The normalized spacial score (nSPS) is 14.0. The molecule has 0 radical (unpaired) electrons. The third-order valence-corrected chi connectivity index (χ3v) is 10.7. The number of rotatable bonds is 42. The van der Waals surface area contributed by atoms with Crippen molar-refractivity contribution in [3.8, 4) is 0 Å². The van der Waals surface area contributed by atoms with Crippen LogP contribution in [0.25, 0.3) is 0 Å². The van der Waals surface area contributed by atoms with E-state index in [0.717, 1.165) is 103 Å². The first-order valence-electron chi connectivity index (χ1n) is 23.5. The molecule has 0 bridgehead atoms. The lowest BCUT2D eigenvalue weighted by atomic mass is 10.1. The lowest BCUT2D eigenvalue weighted by Crippen LogP contribution is -2.37. The molecule has 1 unspecified atom stereocenters. The second-order valence-corrected chi connectivity index (χ2v) is 18.3. The molecule has 0 fully saturated rings. The molecule has 0 aromatic rings. The van der Waals surface area contributed by atoms with Gasteiger partial charge in [-0.05, 0) is 76.7 Å². The van der Waals surface area contributed by atoms with E-state index >= 15 is 0 Å². The van der Waals surface area contributed by atoms with Crippen LogP contribution < -0.4 is 0 Å². The number of phosphoric acid groups is 1. The Balaban J connectivity index is 4.40. The zero-order valence-electron chi connectivity index (χ0n) is 38.7. The summed E-state index contributed by atoms with van der Waals surface area (Å²) in [6, 6.07) is 0. The summed E-state index contributed by atoms with van der Waals surface area (Å²) in [5.41, 5.74) is 0. The van der Waals surface area contributed by atoms with Gasteiger partial charge in [-0.1, -0.05) is 146 Å². The number of likely N-dealkylation sites (N-methyl/N-ethyl adjacent to an activating group) is 1. The summed E-state index contributed by atoms with van der Waals surface area (Å²) in [7, 11) is 1.41. The molecule has 0 aliphatic heterocycles. The molecule has 2 atom stereocenters. The number of carbonyl (C=O) groups excluding carboxylic acids is 3. The lowest BCUT2D eigenvalue weighted by Gasteiger charge is -2.24. The topological polar surface area (TPSA) is 125 Å². The summed E-state index contributed by atoms with van der Waals surface area (Å²) in [5.74, 6) is -0.703. The number of nitrogens with zero attached hydrogens (tertiary/aromatic N) is 1. The smallest absolute Gasteiger partial charge is 0.462 e. The maximum absolute atomic E-state index is 12.7. The van der Waals surface area contributed by atoms with Crippen molar-refractivity contribution >= 4 is 25.5 Å². The fourth-order valence-corrected chi connectivity index (χ4v) is 6.74. The molecule has 10 nitrogen and oxygen atoms in total. The van der Waals surface area contributed by atoms with Crippen molar-refractivity contribution < 1.29 is 46.8 Å². The average Bonchev–Trinajstić information content (AvgIpc) is 3.19. The maximum atomic E-state index is 12.7. The molecule has 0 aromatic heterocycles. The highest BCUT2D eigenvalue weighted by molar-refractivity contribution is 7.47. The summed E-state index contributed by atoms with van der Waals surface area (Å²) < 4.78 is 34.3. The van der Waals surface area contributed by atoms with E-state index in [2.05, 4.69) is 56.4 Å². The van der Waals surface area contributed by atoms with Crippen molar-refractivity contribution in [1.82, 2.24) is 0 Å². The number of ether oxygens (including phenoxy) is 2. The molecule has 0 saturated carbocycles. The number of hydrogen-bond donors (Lipinski definition) is 1. The minimum atomic E-state index is -4.40. The number of phosphoric ester groups is 1. The van der Waals surface area contributed by atoms with E-state index < -0.39 is 32.5 Å². The Labute approximate surface area is 366 Å². The first-order valence-corrected chi connectivity index (χ1v) is 25.0. The van der Waals surface area contributed by atoms with Crippen LogP contribution in [0.3, 0.4) is 0 Å². The molecule has 60 heavy (non-hydrogen) atoms.